The summed E-state index contributed by atoms with van der Waals surface area (Å²) >= 11 is 0. The largest absolute Gasteiger partial charge is 0.444 e. The Morgan fingerprint density at radius 2 is 2.07 bits per heavy atom. The van der Waals surface area contributed by atoms with Gasteiger partial charge in [-0.05, 0) is 27.7 Å². The lowest BCUT2D eigenvalue weighted by molar-refractivity contribution is 0.0532. The van der Waals surface area contributed by atoms with E-state index in [0.717, 1.165) is 5.57 Å². The molecular weight excluding hydrogens is 180 g/mol. The predicted molar refractivity (Wildman–Crippen MR) is 57.0 cm³/mol. The van der Waals surface area contributed by atoms with E-state index in [-0.39, 0.29) is 0 Å². The Bertz CT molecular complexity index is 217. The molecule has 0 spiro atoms. The standard InChI is InChI=1S/C10H20N2O2/c1-8(5-6-11)7-12-9(13)14-10(2,3)4/h5H,6-7,11H2,1-4H3,(H,12,13). The highest BCUT2D eigenvalue weighted by atomic mass is 16.6. The molecule has 0 bridgehead atoms. The van der Waals surface area contributed by atoms with Crippen molar-refractivity contribution in [3.63, 3.8) is 0 Å². The van der Waals surface area contributed by atoms with Gasteiger partial charge in [0, 0.05) is 13.1 Å². The van der Waals surface area contributed by atoms with E-state index in [2.05, 4.69) is 5.32 Å². The van der Waals surface area contributed by atoms with Gasteiger partial charge in [-0.1, -0.05) is 11.6 Å². The van der Waals surface area contributed by atoms with Crippen LogP contribution in [0.4, 0.5) is 4.79 Å². The summed E-state index contributed by atoms with van der Waals surface area (Å²) in [6.07, 6.45) is 1.46. The first kappa shape index (κ1) is 13.0. The maximum atomic E-state index is 11.2. The molecule has 4 nitrogen and oxygen atoms in total. The van der Waals surface area contributed by atoms with Gasteiger partial charge in [-0.25, -0.2) is 4.79 Å². The van der Waals surface area contributed by atoms with E-state index in [1.807, 2.05) is 33.8 Å². The Labute approximate surface area is 85.5 Å². The molecule has 1 amide bonds. The molecule has 4 heteroatoms. The Balaban J connectivity index is 3.81. The van der Waals surface area contributed by atoms with Crippen LogP contribution in [0.25, 0.3) is 0 Å². The molecule has 0 radical (unpaired) electrons. The van der Waals surface area contributed by atoms with Crippen molar-refractivity contribution >= 4 is 6.09 Å². The van der Waals surface area contributed by atoms with E-state index >= 15 is 0 Å². The molecule has 0 saturated heterocycles. The van der Waals surface area contributed by atoms with Crippen molar-refractivity contribution < 1.29 is 9.53 Å². The number of carbonyl (C=O) groups is 1. The summed E-state index contributed by atoms with van der Waals surface area (Å²) in [5, 5.41) is 2.64. The topological polar surface area (TPSA) is 64.3 Å². The third kappa shape index (κ3) is 7.61. The molecule has 0 aromatic rings. The van der Waals surface area contributed by atoms with Gasteiger partial charge in [0.15, 0.2) is 0 Å². The summed E-state index contributed by atoms with van der Waals surface area (Å²) in [4.78, 5) is 11.2. The molecule has 0 unspecified atom stereocenters. The summed E-state index contributed by atoms with van der Waals surface area (Å²) in [6, 6.07) is 0. The number of ether oxygens (including phenoxy) is 1. The van der Waals surface area contributed by atoms with Gasteiger partial charge in [-0.15, -0.1) is 0 Å². The molecule has 0 saturated carbocycles. The van der Waals surface area contributed by atoms with E-state index in [4.69, 9.17) is 10.5 Å². The number of rotatable bonds is 3. The first-order valence-electron chi connectivity index (χ1n) is 4.67. The van der Waals surface area contributed by atoms with Crippen LogP contribution < -0.4 is 11.1 Å². The zero-order valence-electron chi connectivity index (χ0n) is 9.39. The minimum Gasteiger partial charge on any atom is -0.444 e. The highest BCUT2D eigenvalue weighted by molar-refractivity contribution is 5.67. The third-order valence-electron chi connectivity index (χ3n) is 1.38. The summed E-state index contributed by atoms with van der Waals surface area (Å²) in [6.45, 7) is 8.36. The van der Waals surface area contributed by atoms with Gasteiger partial charge < -0.3 is 15.8 Å². The SMILES string of the molecule is CC(=CCN)CNC(=O)OC(C)(C)C. The van der Waals surface area contributed by atoms with Gasteiger partial charge in [0.1, 0.15) is 5.60 Å². The zero-order chi connectivity index (χ0) is 11.2. The Kier molecular flexibility index (Phi) is 5.23. The lowest BCUT2D eigenvalue weighted by atomic mass is 10.2. The number of hydrogen-bond donors (Lipinski definition) is 2. The molecule has 0 aliphatic carbocycles. The monoisotopic (exact) mass is 200 g/mol. The molecule has 14 heavy (non-hydrogen) atoms. The van der Waals surface area contributed by atoms with Crippen molar-refractivity contribution in [1.29, 1.82) is 0 Å². The molecule has 0 aromatic carbocycles. The Morgan fingerprint density at radius 3 is 2.50 bits per heavy atom. The minimum atomic E-state index is -0.449. The summed E-state index contributed by atoms with van der Waals surface area (Å²) in [7, 11) is 0. The van der Waals surface area contributed by atoms with Crippen molar-refractivity contribution in [3.05, 3.63) is 11.6 Å². The number of hydrogen-bond acceptors (Lipinski definition) is 3. The number of nitrogens with one attached hydrogen (secondary N) is 1. The van der Waals surface area contributed by atoms with Crippen LogP contribution in [0.2, 0.25) is 0 Å². The Hall–Kier alpha value is -1.03. The van der Waals surface area contributed by atoms with E-state index in [0.29, 0.717) is 13.1 Å². The average Bonchev–Trinajstić information content (AvgIpc) is 1.98. The molecule has 0 heterocycles. The van der Waals surface area contributed by atoms with E-state index in [1.165, 1.54) is 0 Å². The normalized spacial score (nSPS) is 12.5. The van der Waals surface area contributed by atoms with Crippen molar-refractivity contribution in [3.8, 4) is 0 Å². The van der Waals surface area contributed by atoms with Crippen LogP contribution in [0.15, 0.2) is 11.6 Å². The molecule has 0 atom stereocenters. The van der Waals surface area contributed by atoms with Gasteiger partial charge in [0.2, 0.25) is 0 Å². The fraction of sp³-hybridized carbons (Fsp3) is 0.700. The van der Waals surface area contributed by atoms with Gasteiger partial charge >= 0.3 is 6.09 Å². The van der Waals surface area contributed by atoms with Crippen molar-refractivity contribution in [2.75, 3.05) is 13.1 Å². The third-order valence-corrected chi connectivity index (χ3v) is 1.38. The van der Waals surface area contributed by atoms with Crippen LogP contribution in [0.1, 0.15) is 27.7 Å². The van der Waals surface area contributed by atoms with Crippen LogP contribution in [0.3, 0.4) is 0 Å². The summed E-state index contributed by atoms with van der Waals surface area (Å²) < 4.78 is 5.06. The molecule has 0 rings (SSSR count). The van der Waals surface area contributed by atoms with Crippen LogP contribution >= 0.6 is 0 Å². The van der Waals surface area contributed by atoms with Gasteiger partial charge in [-0.3, -0.25) is 0 Å². The van der Waals surface area contributed by atoms with E-state index in [1.54, 1.807) is 0 Å². The van der Waals surface area contributed by atoms with Crippen molar-refractivity contribution in [1.82, 2.24) is 5.32 Å². The minimum absolute atomic E-state index is 0.401. The highest BCUT2D eigenvalue weighted by Crippen LogP contribution is 2.06. The number of alkyl carbamates (subject to hydrolysis) is 1. The fourth-order valence-corrected chi connectivity index (χ4v) is 0.799. The van der Waals surface area contributed by atoms with Crippen LogP contribution in [0.5, 0.6) is 0 Å². The van der Waals surface area contributed by atoms with E-state index < -0.39 is 11.7 Å². The second-order valence-corrected chi connectivity index (χ2v) is 4.14. The second kappa shape index (κ2) is 5.65. The second-order valence-electron chi connectivity index (χ2n) is 4.14. The molecular formula is C10H20N2O2. The maximum absolute atomic E-state index is 11.2. The molecule has 0 aliphatic heterocycles. The molecule has 0 aromatic heterocycles. The number of carbonyl (C=O) groups excluding carboxylic acids is 1. The lowest BCUT2D eigenvalue weighted by Crippen LogP contribution is -2.33. The van der Waals surface area contributed by atoms with Crippen LogP contribution in [-0.2, 0) is 4.74 Å². The maximum Gasteiger partial charge on any atom is 0.407 e. The molecule has 0 fully saturated rings. The highest BCUT2D eigenvalue weighted by Gasteiger charge is 2.15. The number of nitrogens with two attached hydrogens (primary N) is 1. The number of amides is 1. The first-order valence-corrected chi connectivity index (χ1v) is 4.67. The average molecular weight is 200 g/mol. The molecule has 0 aliphatic rings. The first-order chi connectivity index (χ1) is 6.35. The lowest BCUT2D eigenvalue weighted by Gasteiger charge is -2.19. The fourth-order valence-electron chi connectivity index (χ4n) is 0.799. The quantitative estimate of drug-likeness (QED) is 0.677. The van der Waals surface area contributed by atoms with Gasteiger partial charge in [-0.2, -0.15) is 0 Å². The van der Waals surface area contributed by atoms with Gasteiger partial charge in [0.05, 0.1) is 0 Å². The molecule has 3 N–H and O–H groups in total. The van der Waals surface area contributed by atoms with Gasteiger partial charge in [0.25, 0.3) is 0 Å². The zero-order valence-corrected chi connectivity index (χ0v) is 9.39. The summed E-state index contributed by atoms with van der Waals surface area (Å²) in [5.74, 6) is 0. The predicted octanol–water partition coefficient (Wildman–Crippen LogP) is 1.42. The van der Waals surface area contributed by atoms with Crippen LogP contribution in [0, 0.1) is 0 Å². The molecule has 82 valence electrons. The van der Waals surface area contributed by atoms with E-state index in [9.17, 15) is 4.79 Å². The van der Waals surface area contributed by atoms with Crippen molar-refractivity contribution in [2.24, 2.45) is 5.73 Å². The smallest absolute Gasteiger partial charge is 0.407 e. The van der Waals surface area contributed by atoms with Crippen molar-refractivity contribution in [2.45, 2.75) is 33.3 Å². The Morgan fingerprint density at radius 1 is 1.50 bits per heavy atom. The summed E-state index contributed by atoms with van der Waals surface area (Å²) in [5.41, 5.74) is 5.89. The van der Waals surface area contributed by atoms with Crippen LogP contribution in [-0.4, -0.2) is 24.8 Å².